The SMILES string of the molecule is O=C(NS(=O)(=O)c1cnc(OCC2(F)CCN(C(CF)CF)CC2)c(C(F)(F)F)c1)c1ccccc1Oc1cnc2[nH]ccc2c1. The van der Waals surface area contributed by atoms with Crippen LogP contribution in [0.15, 0.2) is 66.0 Å². The summed E-state index contributed by atoms with van der Waals surface area (Å²) >= 11 is 0. The van der Waals surface area contributed by atoms with E-state index in [9.17, 15) is 35.2 Å². The Morgan fingerprint density at radius 2 is 1.78 bits per heavy atom. The summed E-state index contributed by atoms with van der Waals surface area (Å²) < 4.78 is 122. The van der Waals surface area contributed by atoms with E-state index >= 15 is 4.39 Å². The van der Waals surface area contributed by atoms with Crippen LogP contribution in [0.25, 0.3) is 11.0 Å². The molecule has 0 radical (unpaired) electrons. The average Bonchev–Trinajstić information content (AvgIpc) is 3.49. The Bertz CT molecular complexity index is 1810. The van der Waals surface area contributed by atoms with Gasteiger partial charge >= 0.3 is 6.18 Å². The fourth-order valence-corrected chi connectivity index (χ4v) is 5.78. The van der Waals surface area contributed by atoms with Gasteiger partial charge in [-0.25, -0.2) is 36.3 Å². The van der Waals surface area contributed by atoms with Crippen molar-refractivity contribution in [2.45, 2.75) is 35.6 Å². The number of alkyl halides is 6. The predicted octanol–water partition coefficient (Wildman–Crippen LogP) is 5.38. The summed E-state index contributed by atoms with van der Waals surface area (Å²) in [5.41, 5.74) is -3.39. The Hall–Kier alpha value is -4.38. The molecule has 2 N–H and O–H groups in total. The summed E-state index contributed by atoms with van der Waals surface area (Å²) in [5, 5.41) is 0.704. The third kappa shape index (κ3) is 7.36. The smallest absolute Gasteiger partial charge is 0.421 e. The number of hydrogen-bond donors (Lipinski definition) is 2. The van der Waals surface area contributed by atoms with Crippen molar-refractivity contribution in [1.29, 1.82) is 0 Å². The van der Waals surface area contributed by atoms with Crippen LogP contribution in [0.5, 0.6) is 17.4 Å². The number of para-hydroxylation sites is 1. The number of benzene rings is 1. The van der Waals surface area contributed by atoms with Crippen LogP contribution in [-0.4, -0.2) is 78.9 Å². The van der Waals surface area contributed by atoms with Crippen LogP contribution < -0.4 is 14.2 Å². The molecule has 1 fully saturated rings. The third-order valence-corrected chi connectivity index (χ3v) is 8.74. The van der Waals surface area contributed by atoms with E-state index in [1.165, 1.54) is 35.4 Å². The largest absolute Gasteiger partial charge is 0.474 e. The summed E-state index contributed by atoms with van der Waals surface area (Å²) in [5.74, 6) is -2.10. The second kappa shape index (κ2) is 13.2. The molecule has 3 aromatic heterocycles. The summed E-state index contributed by atoms with van der Waals surface area (Å²) in [6.45, 7) is -2.88. The van der Waals surface area contributed by atoms with Crippen LogP contribution in [0.2, 0.25) is 0 Å². The first-order valence-corrected chi connectivity index (χ1v) is 15.3. The third-order valence-electron chi connectivity index (χ3n) is 7.44. The average molecular weight is 672 g/mol. The molecule has 1 aromatic carbocycles. The molecule has 1 aliphatic heterocycles. The van der Waals surface area contributed by atoms with Gasteiger partial charge in [0.05, 0.1) is 24.0 Å². The maximum atomic E-state index is 15.3. The Kier molecular flexibility index (Phi) is 9.44. The van der Waals surface area contributed by atoms with E-state index in [4.69, 9.17) is 9.47 Å². The minimum absolute atomic E-state index is 0.0397. The van der Waals surface area contributed by atoms with Gasteiger partial charge in [-0.05, 0) is 43.2 Å². The van der Waals surface area contributed by atoms with Crippen LogP contribution in [0.4, 0.5) is 26.3 Å². The van der Waals surface area contributed by atoms with Gasteiger partial charge in [-0.15, -0.1) is 0 Å². The number of aromatic amines is 1. The first-order valence-electron chi connectivity index (χ1n) is 13.8. The summed E-state index contributed by atoms with van der Waals surface area (Å²) in [6.07, 6.45) is -2.11. The van der Waals surface area contributed by atoms with Gasteiger partial charge in [0, 0.05) is 24.7 Å². The highest BCUT2D eigenvalue weighted by Gasteiger charge is 2.41. The van der Waals surface area contributed by atoms with Crippen LogP contribution in [-0.2, 0) is 16.2 Å². The number of fused-ring (bicyclic) bond motifs is 1. The molecule has 1 saturated heterocycles. The quantitative estimate of drug-likeness (QED) is 0.204. The number of nitrogens with one attached hydrogen (secondary N) is 2. The number of amides is 1. The number of aromatic nitrogens is 3. The van der Waals surface area contributed by atoms with Crippen molar-refractivity contribution in [1.82, 2.24) is 24.6 Å². The number of ether oxygens (including phenoxy) is 2. The van der Waals surface area contributed by atoms with Gasteiger partial charge in [0.25, 0.3) is 15.9 Å². The highest BCUT2D eigenvalue weighted by atomic mass is 32.2. The lowest BCUT2D eigenvalue weighted by Gasteiger charge is -2.38. The minimum atomic E-state index is -5.17. The molecule has 4 heterocycles. The molecule has 0 spiro atoms. The number of pyridine rings is 2. The molecule has 46 heavy (non-hydrogen) atoms. The predicted molar refractivity (Wildman–Crippen MR) is 152 cm³/mol. The number of sulfonamides is 1. The van der Waals surface area contributed by atoms with E-state index in [2.05, 4.69) is 15.0 Å². The van der Waals surface area contributed by atoms with Gasteiger partial charge in [0.15, 0.2) is 0 Å². The molecule has 5 rings (SSSR count). The molecule has 0 unspecified atom stereocenters. The maximum Gasteiger partial charge on any atom is 0.421 e. The molecule has 1 amide bonds. The van der Waals surface area contributed by atoms with Crippen molar-refractivity contribution in [2.75, 3.05) is 33.0 Å². The number of nitrogens with zero attached hydrogens (tertiary/aromatic N) is 3. The van der Waals surface area contributed by atoms with E-state index in [0.29, 0.717) is 17.2 Å². The highest BCUT2D eigenvalue weighted by molar-refractivity contribution is 7.90. The molecular weight excluding hydrogens is 644 g/mol. The van der Waals surface area contributed by atoms with Gasteiger partial charge in [-0.3, -0.25) is 9.69 Å². The molecule has 4 aromatic rings. The minimum Gasteiger partial charge on any atom is -0.474 e. The monoisotopic (exact) mass is 671 g/mol. The van der Waals surface area contributed by atoms with Crippen molar-refractivity contribution in [3.63, 3.8) is 0 Å². The van der Waals surface area contributed by atoms with Crippen molar-refractivity contribution >= 4 is 27.0 Å². The zero-order valence-electron chi connectivity index (χ0n) is 23.9. The molecule has 1 aliphatic rings. The zero-order chi connectivity index (χ0) is 33.1. The normalized spacial score (nSPS) is 15.6. The van der Waals surface area contributed by atoms with Crippen LogP contribution >= 0.6 is 0 Å². The van der Waals surface area contributed by atoms with Crippen molar-refractivity contribution in [3.8, 4) is 17.4 Å². The van der Waals surface area contributed by atoms with Gasteiger partial charge in [-0.2, -0.15) is 13.2 Å². The number of H-pyrrole nitrogens is 1. The lowest BCUT2D eigenvalue weighted by molar-refractivity contribution is -0.140. The van der Waals surface area contributed by atoms with Crippen LogP contribution in [0, 0.1) is 0 Å². The summed E-state index contributed by atoms with van der Waals surface area (Å²) in [6, 6.07) is 8.15. The summed E-state index contributed by atoms with van der Waals surface area (Å²) in [4.78, 5) is 24.0. The number of halogens is 6. The standard InChI is InChI=1S/C29H27F6N5O5S/c30-13-19(14-31)40-9-6-28(32,7-10-40)17-44-27-23(29(33,34)35)12-21(16-38-27)46(42,43)39-26(41)22-3-1-2-4-24(22)45-20-11-18-5-8-36-25(18)37-15-20/h1-5,8,11-12,15-16,19H,6-7,9-10,13-14,17H2,(H,36,37)(H,39,41). The number of carbonyl (C=O) groups is 1. The highest BCUT2D eigenvalue weighted by Crippen LogP contribution is 2.38. The number of likely N-dealkylation sites (tertiary alicyclic amines) is 1. The van der Waals surface area contributed by atoms with E-state index in [-0.39, 0.29) is 49.1 Å². The van der Waals surface area contributed by atoms with Crippen LogP contribution in [0.1, 0.15) is 28.8 Å². The second-order valence-corrected chi connectivity index (χ2v) is 12.3. The maximum absolute atomic E-state index is 15.3. The number of carbonyl (C=O) groups excluding carboxylic acids is 1. The molecule has 246 valence electrons. The Morgan fingerprint density at radius 3 is 2.48 bits per heavy atom. The van der Waals surface area contributed by atoms with Crippen molar-refractivity contribution in [3.05, 3.63) is 72.2 Å². The molecule has 0 atom stereocenters. The Balaban J connectivity index is 1.31. The van der Waals surface area contributed by atoms with Gasteiger partial charge in [0.1, 0.15) is 53.2 Å². The van der Waals surface area contributed by atoms with E-state index < -0.39 is 70.1 Å². The van der Waals surface area contributed by atoms with E-state index in [1.807, 2.05) is 0 Å². The zero-order valence-corrected chi connectivity index (χ0v) is 24.7. The second-order valence-electron chi connectivity index (χ2n) is 10.6. The topological polar surface area (TPSA) is 127 Å². The van der Waals surface area contributed by atoms with Gasteiger partial charge < -0.3 is 14.5 Å². The van der Waals surface area contributed by atoms with E-state index in [0.717, 1.165) is 0 Å². The first kappa shape index (κ1) is 33.0. The molecule has 0 saturated carbocycles. The molecule has 10 nitrogen and oxygen atoms in total. The van der Waals surface area contributed by atoms with Crippen LogP contribution in [0.3, 0.4) is 0 Å². The molecular formula is C29H27F6N5O5S. The first-order chi connectivity index (χ1) is 21.8. The van der Waals surface area contributed by atoms with Crippen molar-refractivity contribution < 1.29 is 49.0 Å². The van der Waals surface area contributed by atoms with E-state index in [1.54, 1.807) is 23.1 Å². The van der Waals surface area contributed by atoms with Gasteiger partial charge in [0.2, 0.25) is 5.88 Å². The number of hydrogen-bond acceptors (Lipinski definition) is 8. The van der Waals surface area contributed by atoms with Crippen molar-refractivity contribution in [2.24, 2.45) is 0 Å². The lowest BCUT2D eigenvalue weighted by atomic mass is 9.93. The Morgan fingerprint density at radius 1 is 1.07 bits per heavy atom. The number of piperidine rings is 1. The lowest BCUT2D eigenvalue weighted by Crippen LogP contribution is -2.50. The number of rotatable bonds is 11. The molecule has 0 aliphatic carbocycles. The Labute approximate surface area is 258 Å². The fourth-order valence-electron chi connectivity index (χ4n) is 4.85. The molecule has 17 heteroatoms. The van der Waals surface area contributed by atoms with Gasteiger partial charge in [-0.1, -0.05) is 12.1 Å². The fraction of sp³-hybridized carbons (Fsp3) is 0.345. The molecule has 0 bridgehead atoms. The summed E-state index contributed by atoms with van der Waals surface area (Å²) in [7, 11) is -4.92.